The summed E-state index contributed by atoms with van der Waals surface area (Å²) in [4.78, 5) is 4.14. The zero-order valence-electron chi connectivity index (χ0n) is 8.80. The van der Waals surface area contributed by atoms with Crippen LogP contribution in [0.15, 0.2) is 35.8 Å². The summed E-state index contributed by atoms with van der Waals surface area (Å²) in [7, 11) is 0. The van der Waals surface area contributed by atoms with Crippen LogP contribution < -0.4 is 4.74 Å². The van der Waals surface area contributed by atoms with Gasteiger partial charge < -0.3 is 9.84 Å². The number of rotatable bonds is 5. The van der Waals surface area contributed by atoms with Gasteiger partial charge in [0, 0.05) is 18.2 Å². The van der Waals surface area contributed by atoms with Crippen molar-refractivity contribution in [2.45, 2.75) is 13.0 Å². The summed E-state index contributed by atoms with van der Waals surface area (Å²) in [5.41, 5.74) is 1.11. The molecule has 2 aromatic rings. The number of benzene rings is 1. The van der Waals surface area contributed by atoms with E-state index in [-0.39, 0.29) is 6.61 Å². The summed E-state index contributed by atoms with van der Waals surface area (Å²) in [5.74, 6) is 0.830. The lowest BCUT2D eigenvalue weighted by Crippen LogP contribution is -1.95. The Balaban J connectivity index is 1.90. The van der Waals surface area contributed by atoms with Crippen LogP contribution in [-0.2, 0) is 13.0 Å². The van der Waals surface area contributed by atoms with Gasteiger partial charge in [-0.1, -0.05) is 12.1 Å². The number of nitrogens with zero attached hydrogens (tertiary/aromatic N) is 1. The summed E-state index contributed by atoms with van der Waals surface area (Å²) in [5, 5.41) is 11.7. The van der Waals surface area contributed by atoms with Gasteiger partial charge in [-0.25, -0.2) is 4.98 Å². The van der Waals surface area contributed by atoms with Gasteiger partial charge in [0.15, 0.2) is 0 Å². The molecule has 0 fully saturated rings. The Morgan fingerprint density at radius 1 is 1.25 bits per heavy atom. The molecule has 0 aliphatic heterocycles. The fourth-order valence-corrected chi connectivity index (χ4v) is 1.88. The number of hydrogen-bond acceptors (Lipinski definition) is 4. The molecule has 0 saturated carbocycles. The molecule has 4 heteroatoms. The van der Waals surface area contributed by atoms with Crippen LogP contribution >= 0.6 is 11.3 Å². The molecule has 1 N–H and O–H groups in total. The molecule has 0 aliphatic carbocycles. The molecule has 0 atom stereocenters. The molecular formula is C12H13NO2S. The quantitative estimate of drug-likeness (QED) is 0.864. The third-order valence-electron chi connectivity index (χ3n) is 2.17. The SMILES string of the molecule is OCCc1ccc(OCc2nccs2)cc1. The average Bonchev–Trinajstić information content (AvgIpc) is 2.82. The van der Waals surface area contributed by atoms with Gasteiger partial charge in [0.1, 0.15) is 17.4 Å². The van der Waals surface area contributed by atoms with E-state index in [1.54, 1.807) is 17.5 Å². The molecule has 2 rings (SSSR count). The van der Waals surface area contributed by atoms with Gasteiger partial charge in [-0.3, -0.25) is 0 Å². The molecule has 0 bridgehead atoms. The predicted octanol–water partition coefficient (Wildman–Crippen LogP) is 2.26. The van der Waals surface area contributed by atoms with Crippen molar-refractivity contribution >= 4 is 11.3 Å². The van der Waals surface area contributed by atoms with E-state index in [0.29, 0.717) is 13.0 Å². The first-order valence-electron chi connectivity index (χ1n) is 5.09. The minimum Gasteiger partial charge on any atom is -0.486 e. The molecule has 0 spiro atoms. The largest absolute Gasteiger partial charge is 0.486 e. The molecule has 0 amide bonds. The van der Waals surface area contributed by atoms with E-state index in [0.717, 1.165) is 16.3 Å². The van der Waals surface area contributed by atoms with Crippen molar-refractivity contribution in [1.82, 2.24) is 4.98 Å². The third-order valence-corrected chi connectivity index (χ3v) is 2.92. The molecule has 1 heterocycles. The molecular weight excluding hydrogens is 222 g/mol. The van der Waals surface area contributed by atoms with E-state index in [9.17, 15) is 0 Å². The zero-order valence-corrected chi connectivity index (χ0v) is 9.61. The van der Waals surface area contributed by atoms with E-state index in [1.807, 2.05) is 29.6 Å². The number of aliphatic hydroxyl groups excluding tert-OH is 1. The van der Waals surface area contributed by atoms with Crippen LogP contribution in [0.3, 0.4) is 0 Å². The van der Waals surface area contributed by atoms with Gasteiger partial charge in [0.2, 0.25) is 0 Å². The lowest BCUT2D eigenvalue weighted by molar-refractivity contribution is 0.298. The summed E-state index contributed by atoms with van der Waals surface area (Å²) < 4.78 is 5.57. The van der Waals surface area contributed by atoms with Crippen molar-refractivity contribution in [3.8, 4) is 5.75 Å². The highest BCUT2D eigenvalue weighted by molar-refractivity contribution is 7.09. The second kappa shape index (κ2) is 5.63. The summed E-state index contributed by atoms with van der Waals surface area (Å²) in [6.07, 6.45) is 2.46. The minimum atomic E-state index is 0.180. The van der Waals surface area contributed by atoms with Gasteiger partial charge in [0.05, 0.1) is 0 Å². The van der Waals surface area contributed by atoms with Crippen LogP contribution in [0.4, 0.5) is 0 Å². The molecule has 84 valence electrons. The van der Waals surface area contributed by atoms with Crippen molar-refractivity contribution in [3.05, 3.63) is 46.4 Å². The van der Waals surface area contributed by atoms with Crippen LogP contribution in [0.25, 0.3) is 0 Å². The number of aliphatic hydroxyl groups is 1. The molecule has 0 saturated heterocycles. The van der Waals surface area contributed by atoms with Crippen molar-refractivity contribution in [2.24, 2.45) is 0 Å². The third kappa shape index (κ3) is 3.05. The number of aromatic nitrogens is 1. The van der Waals surface area contributed by atoms with Crippen LogP contribution in [0.5, 0.6) is 5.75 Å². The Morgan fingerprint density at radius 2 is 2.06 bits per heavy atom. The summed E-state index contributed by atoms with van der Waals surface area (Å²) in [6, 6.07) is 7.76. The van der Waals surface area contributed by atoms with Crippen molar-refractivity contribution < 1.29 is 9.84 Å². The first kappa shape index (κ1) is 11.1. The monoisotopic (exact) mass is 235 g/mol. The Morgan fingerprint density at radius 3 is 2.69 bits per heavy atom. The van der Waals surface area contributed by atoms with E-state index in [2.05, 4.69) is 4.98 Å². The lowest BCUT2D eigenvalue weighted by Gasteiger charge is -2.04. The standard InChI is InChI=1S/C12H13NO2S/c14-7-5-10-1-3-11(4-2-10)15-9-12-13-6-8-16-12/h1-4,6,8,14H,5,7,9H2. The smallest absolute Gasteiger partial charge is 0.140 e. The van der Waals surface area contributed by atoms with E-state index < -0.39 is 0 Å². The van der Waals surface area contributed by atoms with Crippen LogP contribution in [0, 0.1) is 0 Å². The highest BCUT2D eigenvalue weighted by Crippen LogP contribution is 2.15. The van der Waals surface area contributed by atoms with Crippen LogP contribution in [0.2, 0.25) is 0 Å². The minimum absolute atomic E-state index is 0.180. The average molecular weight is 235 g/mol. The molecule has 0 aliphatic rings. The Hall–Kier alpha value is -1.39. The van der Waals surface area contributed by atoms with Gasteiger partial charge in [0.25, 0.3) is 0 Å². The first-order valence-corrected chi connectivity index (χ1v) is 5.97. The highest BCUT2D eigenvalue weighted by atomic mass is 32.1. The van der Waals surface area contributed by atoms with E-state index >= 15 is 0 Å². The van der Waals surface area contributed by atoms with E-state index in [4.69, 9.17) is 9.84 Å². The molecule has 1 aromatic carbocycles. The maximum atomic E-state index is 8.78. The highest BCUT2D eigenvalue weighted by Gasteiger charge is 1.98. The fraction of sp³-hybridized carbons (Fsp3) is 0.250. The maximum Gasteiger partial charge on any atom is 0.140 e. The second-order valence-electron chi connectivity index (χ2n) is 3.33. The molecule has 3 nitrogen and oxygen atoms in total. The maximum absolute atomic E-state index is 8.78. The topological polar surface area (TPSA) is 42.4 Å². The molecule has 0 radical (unpaired) electrons. The second-order valence-corrected chi connectivity index (χ2v) is 4.31. The van der Waals surface area contributed by atoms with Crippen molar-refractivity contribution in [2.75, 3.05) is 6.61 Å². The van der Waals surface area contributed by atoms with Gasteiger partial charge in [-0.15, -0.1) is 11.3 Å². The summed E-state index contributed by atoms with van der Waals surface area (Å²) >= 11 is 1.58. The molecule has 0 unspecified atom stereocenters. The predicted molar refractivity (Wildman–Crippen MR) is 63.7 cm³/mol. The first-order chi connectivity index (χ1) is 7.88. The van der Waals surface area contributed by atoms with Gasteiger partial charge in [-0.2, -0.15) is 0 Å². The number of ether oxygens (including phenoxy) is 1. The Bertz CT molecular complexity index is 411. The number of hydrogen-bond donors (Lipinski definition) is 1. The van der Waals surface area contributed by atoms with Crippen molar-refractivity contribution in [3.63, 3.8) is 0 Å². The molecule has 1 aromatic heterocycles. The van der Waals surface area contributed by atoms with Gasteiger partial charge in [-0.05, 0) is 24.1 Å². The van der Waals surface area contributed by atoms with E-state index in [1.165, 1.54) is 0 Å². The zero-order chi connectivity index (χ0) is 11.2. The Labute approximate surface area is 98.4 Å². The fourth-order valence-electron chi connectivity index (χ4n) is 1.35. The summed E-state index contributed by atoms with van der Waals surface area (Å²) in [6.45, 7) is 0.691. The van der Waals surface area contributed by atoms with Crippen LogP contribution in [0.1, 0.15) is 10.6 Å². The normalized spacial score (nSPS) is 10.3. The van der Waals surface area contributed by atoms with Crippen molar-refractivity contribution in [1.29, 1.82) is 0 Å². The van der Waals surface area contributed by atoms with Gasteiger partial charge >= 0.3 is 0 Å². The Kier molecular flexibility index (Phi) is 3.91. The van der Waals surface area contributed by atoms with Crippen LogP contribution in [-0.4, -0.2) is 16.7 Å². The number of thiazole rings is 1. The lowest BCUT2D eigenvalue weighted by atomic mass is 10.1. The molecule has 16 heavy (non-hydrogen) atoms.